The van der Waals surface area contributed by atoms with Crippen LogP contribution >= 0.6 is 0 Å². The average molecular weight is 486 g/mol. The topological polar surface area (TPSA) is 78.6 Å². The summed E-state index contributed by atoms with van der Waals surface area (Å²) in [6.07, 6.45) is 2.79. The summed E-state index contributed by atoms with van der Waals surface area (Å²) < 4.78 is 78.5. The highest BCUT2D eigenvalue weighted by Crippen LogP contribution is 2.48. The molecule has 1 atom stereocenters. The minimum Gasteiger partial charge on any atom is -0.365 e. The maximum Gasteiger partial charge on any atom is 0.325 e. The molecule has 2 heterocycles. The van der Waals surface area contributed by atoms with E-state index in [1.807, 2.05) is 0 Å². The molecule has 0 radical (unpaired) electrons. The molecule has 0 aliphatic heterocycles. The molecule has 35 heavy (non-hydrogen) atoms. The van der Waals surface area contributed by atoms with E-state index in [9.17, 15) is 13.2 Å². The summed E-state index contributed by atoms with van der Waals surface area (Å²) in [6.45, 7) is -0.785. The van der Waals surface area contributed by atoms with Crippen LogP contribution in [0.4, 0.5) is 22.0 Å². The van der Waals surface area contributed by atoms with Gasteiger partial charge in [-0.1, -0.05) is 5.92 Å². The van der Waals surface area contributed by atoms with Crippen LogP contribution in [0.3, 0.4) is 0 Å². The van der Waals surface area contributed by atoms with Crippen molar-refractivity contribution in [2.45, 2.75) is 18.1 Å². The van der Waals surface area contributed by atoms with Gasteiger partial charge in [-0.3, -0.25) is 4.98 Å². The van der Waals surface area contributed by atoms with Crippen LogP contribution in [-0.4, -0.2) is 37.3 Å². The summed E-state index contributed by atoms with van der Waals surface area (Å²) in [5, 5.41) is 10.7. The third kappa shape index (κ3) is 4.71. The highest BCUT2D eigenvalue weighted by atomic mass is 19.3. The molecule has 0 aliphatic carbocycles. The fourth-order valence-corrected chi connectivity index (χ4v) is 3.36. The molecule has 4 rings (SSSR count). The van der Waals surface area contributed by atoms with Crippen LogP contribution in [0.1, 0.15) is 22.5 Å². The Kier molecular flexibility index (Phi) is 6.52. The standard InChI is InChI=1S/C23H15F5N6O/c1-35-22(13-34-32-14-31-33-34,19-9-7-17(25)10-20(19)26)23(27,28)21-12-29-18(11-30-21)8-4-15-2-5-16(24)6-3-15/h2-3,5-7,9-12,14H,13H2,1H3. The lowest BCUT2D eigenvalue weighted by Gasteiger charge is -2.38. The molecule has 0 spiro atoms. The molecule has 0 saturated heterocycles. The van der Waals surface area contributed by atoms with E-state index >= 15 is 8.78 Å². The number of tetrazole rings is 1. The van der Waals surface area contributed by atoms with Gasteiger partial charge in [-0.2, -0.15) is 13.6 Å². The molecule has 1 unspecified atom stereocenters. The van der Waals surface area contributed by atoms with E-state index in [4.69, 9.17) is 4.74 Å². The van der Waals surface area contributed by atoms with Crippen molar-refractivity contribution in [1.29, 1.82) is 0 Å². The van der Waals surface area contributed by atoms with Crippen molar-refractivity contribution in [3.05, 3.63) is 101 Å². The van der Waals surface area contributed by atoms with Gasteiger partial charge in [0.25, 0.3) is 0 Å². The second-order valence-corrected chi connectivity index (χ2v) is 7.24. The summed E-state index contributed by atoms with van der Waals surface area (Å²) in [6, 6.07) is 7.49. The average Bonchev–Trinajstić information content (AvgIpc) is 3.36. The quantitative estimate of drug-likeness (QED) is 0.306. The number of benzene rings is 2. The Hall–Kier alpha value is -4.24. The van der Waals surface area contributed by atoms with Crippen molar-refractivity contribution in [2.75, 3.05) is 7.11 Å². The second kappa shape index (κ2) is 9.55. The van der Waals surface area contributed by atoms with Gasteiger partial charge < -0.3 is 4.74 Å². The molecule has 0 aliphatic rings. The first-order valence-electron chi connectivity index (χ1n) is 9.94. The van der Waals surface area contributed by atoms with E-state index in [0.717, 1.165) is 42.8 Å². The van der Waals surface area contributed by atoms with E-state index in [0.29, 0.717) is 11.6 Å². The first kappa shape index (κ1) is 23.9. The Bertz CT molecular complexity index is 1370. The predicted molar refractivity (Wildman–Crippen MR) is 111 cm³/mol. The largest absolute Gasteiger partial charge is 0.365 e. The van der Waals surface area contributed by atoms with Crippen LogP contribution in [0.2, 0.25) is 0 Å². The summed E-state index contributed by atoms with van der Waals surface area (Å²) in [7, 11) is 0.948. The first-order chi connectivity index (χ1) is 16.7. The maximum absolute atomic E-state index is 16.0. The van der Waals surface area contributed by atoms with E-state index in [1.165, 1.54) is 24.3 Å². The van der Waals surface area contributed by atoms with Gasteiger partial charge in [0.1, 0.15) is 35.4 Å². The Morgan fingerprint density at radius 1 is 0.943 bits per heavy atom. The highest BCUT2D eigenvalue weighted by Gasteiger charge is 2.60. The molecule has 2 aromatic carbocycles. The third-order valence-electron chi connectivity index (χ3n) is 5.13. The van der Waals surface area contributed by atoms with Crippen LogP contribution in [0.25, 0.3) is 0 Å². The number of ether oxygens (including phenoxy) is 1. The molecule has 0 fully saturated rings. The second-order valence-electron chi connectivity index (χ2n) is 7.24. The van der Waals surface area contributed by atoms with Crippen LogP contribution < -0.4 is 0 Å². The lowest BCUT2D eigenvalue weighted by Crippen LogP contribution is -2.49. The first-order valence-corrected chi connectivity index (χ1v) is 9.94. The number of hydrogen-bond acceptors (Lipinski definition) is 6. The van der Waals surface area contributed by atoms with Crippen molar-refractivity contribution in [2.24, 2.45) is 0 Å². The summed E-state index contributed by atoms with van der Waals surface area (Å²) in [4.78, 5) is 8.47. The van der Waals surface area contributed by atoms with Crippen LogP contribution in [-0.2, 0) is 22.8 Å². The number of aromatic nitrogens is 6. The van der Waals surface area contributed by atoms with Crippen molar-refractivity contribution < 1.29 is 26.7 Å². The number of methoxy groups -OCH3 is 1. The fourth-order valence-electron chi connectivity index (χ4n) is 3.36. The zero-order valence-corrected chi connectivity index (χ0v) is 18.0. The summed E-state index contributed by atoms with van der Waals surface area (Å²) >= 11 is 0. The Morgan fingerprint density at radius 2 is 1.69 bits per heavy atom. The van der Waals surface area contributed by atoms with Crippen molar-refractivity contribution >= 4 is 0 Å². The molecule has 0 saturated carbocycles. The molecular weight excluding hydrogens is 471 g/mol. The molecule has 178 valence electrons. The van der Waals surface area contributed by atoms with Gasteiger partial charge >= 0.3 is 5.92 Å². The molecule has 4 aromatic rings. The lowest BCUT2D eigenvalue weighted by atomic mass is 9.84. The number of nitrogens with zero attached hydrogens (tertiary/aromatic N) is 6. The highest BCUT2D eigenvalue weighted by molar-refractivity contribution is 5.39. The lowest BCUT2D eigenvalue weighted by molar-refractivity contribution is -0.224. The van der Waals surface area contributed by atoms with Gasteiger partial charge in [-0.05, 0) is 47.5 Å². The fraction of sp³-hybridized carbons (Fsp3) is 0.174. The van der Waals surface area contributed by atoms with E-state index in [2.05, 4.69) is 37.2 Å². The normalized spacial score (nSPS) is 13.1. The van der Waals surface area contributed by atoms with E-state index < -0.39 is 46.8 Å². The Labute approximate surface area is 195 Å². The maximum atomic E-state index is 16.0. The van der Waals surface area contributed by atoms with Crippen LogP contribution in [0.5, 0.6) is 0 Å². The number of halogens is 5. The minimum atomic E-state index is -4.01. The molecule has 12 heteroatoms. The Balaban J connectivity index is 1.74. The van der Waals surface area contributed by atoms with Crippen molar-refractivity contribution in [3.8, 4) is 11.8 Å². The molecule has 0 N–H and O–H groups in total. The van der Waals surface area contributed by atoms with Crippen molar-refractivity contribution in [3.63, 3.8) is 0 Å². The molecule has 2 aromatic heterocycles. The molecule has 0 amide bonds. The van der Waals surface area contributed by atoms with E-state index in [-0.39, 0.29) is 5.69 Å². The third-order valence-corrected chi connectivity index (χ3v) is 5.13. The van der Waals surface area contributed by atoms with Gasteiger partial charge in [-0.25, -0.2) is 18.2 Å². The zero-order valence-electron chi connectivity index (χ0n) is 18.0. The monoisotopic (exact) mass is 486 g/mol. The van der Waals surface area contributed by atoms with Gasteiger partial charge in [0.05, 0.1) is 12.4 Å². The number of alkyl halides is 2. The van der Waals surface area contributed by atoms with Gasteiger partial charge in [0.2, 0.25) is 0 Å². The molecule has 0 bridgehead atoms. The summed E-state index contributed by atoms with van der Waals surface area (Å²) in [5.41, 5.74) is -3.72. The minimum absolute atomic E-state index is 0.0581. The number of hydrogen-bond donors (Lipinski definition) is 0. The Morgan fingerprint density at radius 3 is 2.29 bits per heavy atom. The SMILES string of the molecule is COC(Cn1ncnn1)(c1ccc(F)cc1F)C(F)(F)c1cnc(C#Cc2ccc(F)cc2)cn1. The number of rotatable bonds is 6. The summed E-state index contributed by atoms with van der Waals surface area (Å²) in [5.74, 6) is -1.31. The smallest absolute Gasteiger partial charge is 0.325 e. The predicted octanol–water partition coefficient (Wildman–Crippen LogP) is 3.61. The van der Waals surface area contributed by atoms with Crippen LogP contribution in [0.15, 0.2) is 61.2 Å². The van der Waals surface area contributed by atoms with E-state index in [1.54, 1.807) is 0 Å². The van der Waals surface area contributed by atoms with Gasteiger partial charge in [-0.15, -0.1) is 10.2 Å². The molecular formula is C23H15F5N6O. The van der Waals surface area contributed by atoms with Gasteiger partial charge in [0.15, 0.2) is 11.9 Å². The van der Waals surface area contributed by atoms with Gasteiger partial charge in [0, 0.05) is 24.3 Å². The van der Waals surface area contributed by atoms with Crippen LogP contribution in [0, 0.1) is 29.3 Å². The zero-order chi connectivity index (χ0) is 25.1. The van der Waals surface area contributed by atoms with Crippen molar-refractivity contribution in [1.82, 2.24) is 30.2 Å². The molecule has 7 nitrogen and oxygen atoms in total.